The quantitative estimate of drug-likeness (QED) is 0.414. The molecular weight excluding hydrogens is 139 g/mol. The molecule has 0 fully saturated rings. The van der Waals surface area contributed by atoms with Gasteiger partial charge in [0.25, 0.3) is 0 Å². The summed E-state index contributed by atoms with van der Waals surface area (Å²) in [6.07, 6.45) is 0. The van der Waals surface area contributed by atoms with Crippen LogP contribution >= 0.6 is 0 Å². The summed E-state index contributed by atoms with van der Waals surface area (Å²) in [6, 6.07) is 0. The van der Waals surface area contributed by atoms with Gasteiger partial charge >= 0.3 is 45.2 Å². The van der Waals surface area contributed by atoms with Gasteiger partial charge in [-0.1, -0.05) is 0 Å². The minimum absolute atomic E-state index is 0.797. The van der Waals surface area contributed by atoms with E-state index in [2.05, 4.69) is 19.3 Å². The molecule has 0 bridgehead atoms. The Labute approximate surface area is 45.8 Å². The number of hydrogen-bond acceptors (Lipinski definition) is 0. The van der Waals surface area contributed by atoms with E-state index in [4.69, 9.17) is 0 Å². The summed E-state index contributed by atoms with van der Waals surface area (Å²) >= 11 is 0.797. The van der Waals surface area contributed by atoms with Gasteiger partial charge in [0.2, 0.25) is 0 Å². The predicted octanol–water partition coefficient (Wildman–Crippen LogP) is 1.73. The van der Waals surface area contributed by atoms with E-state index >= 15 is 0 Å². The summed E-state index contributed by atoms with van der Waals surface area (Å²) in [6.45, 7) is 5.84. The van der Waals surface area contributed by atoms with E-state index in [0.717, 1.165) is 15.0 Å². The summed E-state index contributed by atoms with van der Waals surface area (Å²) < 4.78 is 0. The van der Waals surface area contributed by atoms with Crippen molar-refractivity contribution in [1.82, 2.24) is 0 Å². The molecule has 0 rings (SSSR count). The van der Waals surface area contributed by atoms with Gasteiger partial charge in [-0.15, -0.1) is 0 Å². The summed E-state index contributed by atoms with van der Waals surface area (Å²) in [5.74, 6) is 2.22. The Morgan fingerprint density at radius 2 is 2.33 bits per heavy atom. The Morgan fingerprint density at radius 1 is 1.83 bits per heavy atom. The molecule has 36 valence electrons. The molecule has 0 atom stereocenters. The molecule has 0 N–H and O–H groups in total. The number of rotatable bonds is 2. The normalized spacial score (nSPS) is 8.33. The molecule has 0 radical (unpaired) electrons. The Bertz CT molecular complexity index is 47.9. The van der Waals surface area contributed by atoms with Gasteiger partial charge in [0.05, 0.1) is 0 Å². The summed E-state index contributed by atoms with van der Waals surface area (Å²) in [5, 5.41) is 1.24. The number of hydrogen-bond donors (Lipinski definition) is 0. The van der Waals surface area contributed by atoms with Crippen molar-refractivity contribution in [2.75, 3.05) is 0 Å². The average Bonchev–Trinajstić information content (AvgIpc) is 1.35. The van der Waals surface area contributed by atoms with Crippen molar-refractivity contribution in [3.8, 4) is 0 Å². The molecule has 0 aliphatic heterocycles. The molecule has 6 heavy (non-hydrogen) atoms. The van der Waals surface area contributed by atoms with Crippen LogP contribution in [0.4, 0.5) is 0 Å². The second-order valence-electron chi connectivity index (χ2n) is 1.39. The third-order valence-corrected chi connectivity index (χ3v) is 2.03. The maximum absolute atomic E-state index is 3.76. The first-order chi connectivity index (χ1) is 2.77. The molecule has 1 heteroatoms. The van der Waals surface area contributed by atoms with Crippen molar-refractivity contribution in [3.05, 3.63) is 12.2 Å². The molecule has 0 aromatic rings. The van der Waals surface area contributed by atoms with Gasteiger partial charge in [-0.25, -0.2) is 0 Å². The van der Waals surface area contributed by atoms with E-state index < -0.39 is 0 Å². The van der Waals surface area contributed by atoms with Gasteiger partial charge in [0, 0.05) is 0 Å². The van der Waals surface area contributed by atoms with E-state index in [-0.39, 0.29) is 0 Å². The van der Waals surface area contributed by atoms with Crippen molar-refractivity contribution in [2.45, 2.75) is 18.1 Å². The van der Waals surface area contributed by atoms with Crippen molar-refractivity contribution in [1.29, 1.82) is 0 Å². The van der Waals surface area contributed by atoms with Gasteiger partial charge in [0.15, 0.2) is 0 Å². The Balaban J connectivity index is 2.83. The van der Waals surface area contributed by atoms with E-state index in [1.54, 1.807) is 0 Å². The predicted molar refractivity (Wildman–Crippen MR) is 31.2 cm³/mol. The number of allylic oxidation sites excluding steroid dienone is 1. The standard InChI is InChI=1S/C5H10Se/c1-5(2)4-6-3/h1,4H2,2-3H3. The molecule has 0 saturated carbocycles. The van der Waals surface area contributed by atoms with Crippen LogP contribution in [-0.2, 0) is 0 Å². The SMILES string of the molecule is C=C(C)C[Se]C. The minimum atomic E-state index is 0.797. The van der Waals surface area contributed by atoms with Crippen molar-refractivity contribution in [3.63, 3.8) is 0 Å². The van der Waals surface area contributed by atoms with Crippen molar-refractivity contribution < 1.29 is 0 Å². The molecule has 0 spiro atoms. The van der Waals surface area contributed by atoms with Crippen molar-refractivity contribution >= 4 is 15.0 Å². The third kappa shape index (κ3) is 4.26. The van der Waals surface area contributed by atoms with Crippen LogP contribution in [0, 0.1) is 0 Å². The van der Waals surface area contributed by atoms with Crippen molar-refractivity contribution in [2.24, 2.45) is 0 Å². The summed E-state index contributed by atoms with van der Waals surface area (Å²) in [5.41, 5.74) is 1.32. The zero-order valence-electron chi connectivity index (χ0n) is 4.32. The Hall–Kier alpha value is 0.259. The van der Waals surface area contributed by atoms with Crippen LogP contribution in [0.3, 0.4) is 0 Å². The van der Waals surface area contributed by atoms with E-state index in [9.17, 15) is 0 Å². The van der Waals surface area contributed by atoms with Gasteiger partial charge in [0.1, 0.15) is 0 Å². The molecule has 0 saturated heterocycles. The Morgan fingerprint density at radius 3 is 2.33 bits per heavy atom. The molecule has 0 amide bonds. The van der Waals surface area contributed by atoms with E-state index in [1.807, 2.05) is 0 Å². The molecule has 0 aliphatic carbocycles. The molecule has 0 heterocycles. The zero-order chi connectivity index (χ0) is 4.99. The summed E-state index contributed by atoms with van der Waals surface area (Å²) in [7, 11) is 0. The zero-order valence-corrected chi connectivity index (χ0v) is 6.04. The van der Waals surface area contributed by atoms with Crippen LogP contribution in [-0.4, -0.2) is 15.0 Å². The second kappa shape index (κ2) is 3.45. The second-order valence-corrected chi connectivity index (χ2v) is 3.21. The van der Waals surface area contributed by atoms with Gasteiger partial charge < -0.3 is 0 Å². The average molecular weight is 149 g/mol. The maximum atomic E-state index is 3.76. The van der Waals surface area contributed by atoms with Crippen LogP contribution in [0.25, 0.3) is 0 Å². The van der Waals surface area contributed by atoms with Crippen LogP contribution in [0.1, 0.15) is 6.92 Å². The van der Waals surface area contributed by atoms with Crippen LogP contribution in [0.5, 0.6) is 0 Å². The monoisotopic (exact) mass is 150 g/mol. The van der Waals surface area contributed by atoms with Gasteiger partial charge in [-0.05, 0) is 0 Å². The van der Waals surface area contributed by atoms with Crippen LogP contribution in [0.15, 0.2) is 12.2 Å². The fourth-order valence-electron chi connectivity index (χ4n) is 0.246. The molecular formula is C5H10Se. The topological polar surface area (TPSA) is 0 Å². The molecule has 0 aromatic heterocycles. The third-order valence-electron chi connectivity index (χ3n) is 0.391. The molecule has 0 aromatic carbocycles. The molecule has 0 nitrogen and oxygen atoms in total. The Kier molecular flexibility index (Phi) is 3.60. The first-order valence-corrected chi connectivity index (χ1v) is 4.83. The molecule has 0 aliphatic rings. The van der Waals surface area contributed by atoms with E-state index in [1.165, 1.54) is 10.9 Å². The summed E-state index contributed by atoms with van der Waals surface area (Å²) in [4.78, 5) is 0. The first kappa shape index (κ1) is 6.26. The van der Waals surface area contributed by atoms with Crippen LogP contribution < -0.4 is 0 Å². The van der Waals surface area contributed by atoms with Gasteiger partial charge in [-0.3, -0.25) is 0 Å². The molecule has 0 unspecified atom stereocenters. The fraction of sp³-hybridized carbons (Fsp3) is 0.600. The first-order valence-electron chi connectivity index (χ1n) is 1.90. The van der Waals surface area contributed by atoms with E-state index in [0.29, 0.717) is 0 Å². The van der Waals surface area contributed by atoms with Crippen LogP contribution in [0.2, 0.25) is 11.1 Å². The fourth-order valence-corrected chi connectivity index (χ4v) is 1.28. The van der Waals surface area contributed by atoms with Gasteiger partial charge in [-0.2, -0.15) is 0 Å².